The Morgan fingerprint density at radius 3 is 2.13 bits per heavy atom. The summed E-state index contributed by atoms with van der Waals surface area (Å²) >= 11 is 0. The van der Waals surface area contributed by atoms with Crippen molar-refractivity contribution in [1.82, 2.24) is 16.0 Å². The molecule has 2 aliphatic carbocycles. The second kappa shape index (κ2) is 20.4. The summed E-state index contributed by atoms with van der Waals surface area (Å²) in [6.07, 6.45) is 6.43. The largest absolute Gasteiger partial charge is 0.462 e. The highest BCUT2D eigenvalue weighted by Gasteiger charge is 2.36. The number of ether oxygens (including phenoxy) is 3. The Balaban J connectivity index is 1.20. The molecule has 2 aliphatic rings. The quantitative estimate of drug-likeness (QED) is 0.0752. The van der Waals surface area contributed by atoms with Crippen LogP contribution in [0.2, 0.25) is 0 Å². The fourth-order valence-corrected chi connectivity index (χ4v) is 7.37. The van der Waals surface area contributed by atoms with Crippen LogP contribution in [-0.4, -0.2) is 73.0 Å². The average Bonchev–Trinajstić information content (AvgIpc) is 3.80. The molecular formula is C44H53N3O8. The lowest BCUT2D eigenvalue weighted by Crippen LogP contribution is -2.51. The minimum atomic E-state index is -1.04. The highest BCUT2D eigenvalue weighted by molar-refractivity contribution is 5.86. The van der Waals surface area contributed by atoms with Crippen LogP contribution in [0.3, 0.4) is 0 Å². The van der Waals surface area contributed by atoms with Crippen LogP contribution in [0.5, 0.6) is 0 Å². The summed E-state index contributed by atoms with van der Waals surface area (Å²) in [4.78, 5) is 53.3. The van der Waals surface area contributed by atoms with E-state index in [-0.39, 0.29) is 64.1 Å². The first-order valence-corrected chi connectivity index (χ1v) is 19.1. The molecule has 0 unspecified atom stereocenters. The molecule has 3 atom stereocenters. The van der Waals surface area contributed by atoms with Gasteiger partial charge in [0.25, 0.3) is 0 Å². The molecule has 3 amide bonds. The van der Waals surface area contributed by atoms with Crippen LogP contribution < -0.4 is 16.0 Å². The number of aliphatic hydroxyl groups is 1. The first-order chi connectivity index (χ1) is 26.8. The molecule has 5 rings (SSSR count). The van der Waals surface area contributed by atoms with Gasteiger partial charge in [-0.25, -0.2) is 9.59 Å². The van der Waals surface area contributed by atoms with Crippen LogP contribution in [0.15, 0.2) is 104 Å². The van der Waals surface area contributed by atoms with E-state index in [4.69, 9.17) is 14.2 Å². The number of esters is 1. The maximum Gasteiger partial charge on any atom is 0.407 e. The number of benzene rings is 3. The van der Waals surface area contributed by atoms with Crippen molar-refractivity contribution in [3.8, 4) is 11.1 Å². The van der Waals surface area contributed by atoms with Gasteiger partial charge in [-0.15, -0.1) is 13.2 Å². The van der Waals surface area contributed by atoms with Gasteiger partial charge in [0.1, 0.15) is 19.3 Å². The smallest absolute Gasteiger partial charge is 0.407 e. The van der Waals surface area contributed by atoms with E-state index in [1.807, 2.05) is 66.7 Å². The Kier molecular flexibility index (Phi) is 15.2. The van der Waals surface area contributed by atoms with Crippen molar-refractivity contribution >= 4 is 23.9 Å². The zero-order chi connectivity index (χ0) is 39.0. The summed E-state index contributed by atoms with van der Waals surface area (Å²) in [7, 11) is 0. The second-order valence-electron chi connectivity index (χ2n) is 14.3. The predicted molar refractivity (Wildman–Crippen MR) is 210 cm³/mol. The molecule has 292 valence electrons. The van der Waals surface area contributed by atoms with Crippen molar-refractivity contribution in [3.05, 3.63) is 121 Å². The van der Waals surface area contributed by atoms with Gasteiger partial charge in [-0.2, -0.15) is 0 Å². The Bertz CT molecular complexity index is 1730. The Morgan fingerprint density at radius 1 is 0.836 bits per heavy atom. The number of rotatable bonds is 21. The lowest BCUT2D eigenvalue weighted by molar-refractivity contribution is -0.148. The van der Waals surface area contributed by atoms with E-state index in [9.17, 15) is 24.3 Å². The van der Waals surface area contributed by atoms with E-state index >= 15 is 0 Å². The van der Waals surface area contributed by atoms with E-state index in [0.717, 1.165) is 40.7 Å². The first kappa shape index (κ1) is 40.9. The van der Waals surface area contributed by atoms with E-state index in [0.29, 0.717) is 19.3 Å². The number of carbonyl (C=O) groups excluding carboxylic acids is 4. The third-order valence-electron chi connectivity index (χ3n) is 10.3. The van der Waals surface area contributed by atoms with Crippen molar-refractivity contribution in [3.63, 3.8) is 0 Å². The Morgan fingerprint density at radius 2 is 1.49 bits per heavy atom. The maximum atomic E-state index is 13.6. The molecule has 0 saturated heterocycles. The van der Waals surface area contributed by atoms with E-state index in [1.165, 1.54) is 0 Å². The van der Waals surface area contributed by atoms with Gasteiger partial charge in [-0.3, -0.25) is 9.59 Å². The van der Waals surface area contributed by atoms with Gasteiger partial charge >= 0.3 is 12.1 Å². The number of fused-ring (bicyclic) bond motifs is 3. The molecule has 0 heterocycles. The van der Waals surface area contributed by atoms with Gasteiger partial charge in [0, 0.05) is 12.3 Å². The molecule has 1 fully saturated rings. The lowest BCUT2D eigenvalue weighted by Gasteiger charge is -2.29. The topological polar surface area (TPSA) is 152 Å². The van der Waals surface area contributed by atoms with Crippen LogP contribution in [0.1, 0.15) is 74.0 Å². The number of aliphatic hydroxyl groups excluding tert-OH is 1. The summed E-state index contributed by atoms with van der Waals surface area (Å²) in [6, 6.07) is 23.7. The Labute approximate surface area is 323 Å². The van der Waals surface area contributed by atoms with Crippen molar-refractivity contribution in [2.75, 3.05) is 26.4 Å². The summed E-state index contributed by atoms with van der Waals surface area (Å²) < 4.78 is 17.3. The highest BCUT2D eigenvalue weighted by atomic mass is 16.6. The number of carbonyl (C=O) groups is 4. The third-order valence-corrected chi connectivity index (χ3v) is 10.3. The predicted octanol–water partition coefficient (Wildman–Crippen LogP) is 6.11. The number of alkyl carbamates (subject to hydrolysis) is 1. The summed E-state index contributed by atoms with van der Waals surface area (Å²) in [6.45, 7) is 7.46. The van der Waals surface area contributed by atoms with Crippen LogP contribution in [-0.2, 0) is 35.2 Å². The number of allylic oxidation sites excluding steroid dienone is 2. The van der Waals surface area contributed by atoms with E-state index < -0.39 is 41.5 Å². The molecule has 55 heavy (non-hydrogen) atoms. The van der Waals surface area contributed by atoms with Gasteiger partial charge in [0.2, 0.25) is 11.8 Å². The first-order valence-electron chi connectivity index (χ1n) is 19.1. The van der Waals surface area contributed by atoms with Crippen molar-refractivity contribution in [2.45, 2.75) is 81.5 Å². The van der Waals surface area contributed by atoms with Gasteiger partial charge in [-0.05, 0) is 59.9 Å². The molecule has 11 heteroatoms. The molecule has 4 N–H and O–H groups in total. The molecule has 0 bridgehead atoms. The van der Waals surface area contributed by atoms with Gasteiger partial charge in [0.15, 0.2) is 0 Å². The van der Waals surface area contributed by atoms with Gasteiger partial charge in [-0.1, -0.05) is 104 Å². The molecule has 11 nitrogen and oxygen atoms in total. The molecule has 1 saturated carbocycles. The number of hydrogen-bond donors (Lipinski definition) is 4. The van der Waals surface area contributed by atoms with Crippen molar-refractivity contribution in [2.24, 2.45) is 5.92 Å². The van der Waals surface area contributed by atoms with Crippen LogP contribution in [0.4, 0.5) is 4.79 Å². The van der Waals surface area contributed by atoms with Crippen molar-refractivity contribution < 1.29 is 38.5 Å². The molecule has 0 aromatic heterocycles. The second-order valence-corrected chi connectivity index (χ2v) is 14.3. The van der Waals surface area contributed by atoms with Crippen LogP contribution in [0.25, 0.3) is 11.1 Å². The molecule has 0 spiro atoms. The number of amides is 3. The van der Waals surface area contributed by atoms with Gasteiger partial charge in [0.05, 0.1) is 37.3 Å². The fourth-order valence-electron chi connectivity index (χ4n) is 7.37. The summed E-state index contributed by atoms with van der Waals surface area (Å²) in [5, 5.41) is 18.5. The molecule has 0 radical (unpaired) electrons. The molecule has 0 aliphatic heterocycles. The monoisotopic (exact) mass is 751 g/mol. The van der Waals surface area contributed by atoms with E-state index in [1.54, 1.807) is 12.2 Å². The zero-order valence-corrected chi connectivity index (χ0v) is 31.4. The summed E-state index contributed by atoms with van der Waals surface area (Å²) in [5.41, 5.74) is 4.61. The normalized spacial score (nSPS) is 15.7. The average molecular weight is 752 g/mol. The molecule has 3 aromatic carbocycles. The van der Waals surface area contributed by atoms with Crippen LogP contribution in [0, 0.1) is 5.92 Å². The van der Waals surface area contributed by atoms with E-state index in [2.05, 4.69) is 41.2 Å². The van der Waals surface area contributed by atoms with Gasteiger partial charge < -0.3 is 35.3 Å². The zero-order valence-electron chi connectivity index (χ0n) is 31.4. The lowest BCUT2D eigenvalue weighted by atomic mass is 9.95. The SMILES string of the molecule is C=CCC[C@H](NC(=O)OCC1c2ccccc2-c2ccccc21)C(=O)OC[C@H](COCc1ccccc1)NC(=O)[C@H](CC=C)CC(=O)NC1(CO)CCCC1. The standard InChI is InChI=1S/C44H53N3O8/c1-3-5-22-39(46-43(52)55-29-38-36-20-11-9-18-34(36)35-19-10-12-21-37(35)38)42(51)54-28-33(27-53-26-31-16-7-6-8-17-31)45-41(50)32(15-4-2)25-40(49)47-44(30-48)23-13-14-24-44/h3-4,6-12,16-21,32-33,38-39,48H,1-2,5,13-15,22-30H2,(H,45,50)(H,46,52)(H,47,49)/t32-,33+,39+/m1/s1. The fraction of sp³-hybridized carbons (Fsp3) is 0.409. The minimum Gasteiger partial charge on any atom is -0.462 e. The third kappa shape index (κ3) is 11.4. The van der Waals surface area contributed by atoms with Crippen LogP contribution >= 0.6 is 0 Å². The molecule has 3 aromatic rings. The Hall–Kier alpha value is -5.26. The summed E-state index contributed by atoms with van der Waals surface area (Å²) in [5.74, 6) is -2.36. The number of hydrogen-bond acceptors (Lipinski definition) is 8. The maximum absolute atomic E-state index is 13.6. The highest BCUT2D eigenvalue weighted by Crippen LogP contribution is 2.44. The van der Waals surface area contributed by atoms with Crippen molar-refractivity contribution in [1.29, 1.82) is 0 Å². The number of nitrogens with one attached hydrogen (secondary N) is 3. The molecular weight excluding hydrogens is 698 g/mol. The minimum absolute atomic E-state index is 0.00563.